The summed E-state index contributed by atoms with van der Waals surface area (Å²) < 4.78 is 14.7. The highest BCUT2D eigenvalue weighted by Gasteiger charge is 2.10. The van der Waals surface area contributed by atoms with Crippen LogP contribution in [0, 0.1) is 12.7 Å². The van der Waals surface area contributed by atoms with E-state index in [2.05, 4.69) is 4.98 Å². The molecular weight excluding hydrogens is 193 g/mol. The van der Waals surface area contributed by atoms with Gasteiger partial charge in [-0.3, -0.25) is 0 Å². The Morgan fingerprint density at radius 1 is 1.40 bits per heavy atom. The fourth-order valence-electron chi connectivity index (χ4n) is 1.42. The highest BCUT2D eigenvalue weighted by atomic mass is 19.1. The number of hydrogen-bond donors (Lipinski definition) is 1. The molecule has 3 nitrogen and oxygen atoms in total. The maximum Gasteiger partial charge on any atom is 0.143 e. The molecule has 2 rings (SSSR count). The second kappa shape index (κ2) is 4.29. The summed E-state index contributed by atoms with van der Waals surface area (Å²) in [4.78, 5) is 3.94. The number of nitrogen functional groups attached to an aromatic ring is 1. The highest BCUT2D eigenvalue weighted by Crippen LogP contribution is 2.24. The monoisotopic (exact) mass is 209 g/mol. The predicted octanol–water partition coefficient (Wildman–Crippen LogP) is 2.63. The number of fused-ring (bicyclic) bond motifs is 1. The fraction of sp³-hybridized carbons (Fsp3) is 0.364. The fourth-order valence-corrected chi connectivity index (χ4v) is 1.42. The molecule has 82 valence electrons. The Morgan fingerprint density at radius 3 is 2.60 bits per heavy atom. The van der Waals surface area contributed by atoms with Crippen LogP contribution in [0.1, 0.15) is 19.5 Å². The summed E-state index contributed by atoms with van der Waals surface area (Å²) in [6.45, 7) is 5.88. The lowest BCUT2D eigenvalue weighted by atomic mass is 10.3. The third-order valence-electron chi connectivity index (χ3n) is 2.34. The Kier molecular flexibility index (Phi) is 3.29. The van der Waals surface area contributed by atoms with E-state index in [-0.39, 0.29) is 5.82 Å². The number of aryl methyl sites for hydroxylation is 1. The molecule has 15 heavy (non-hydrogen) atoms. The van der Waals surface area contributed by atoms with Gasteiger partial charge in [0.1, 0.15) is 11.3 Å². The molecular formula is C11H16FN3. The zero-order valence-corrected chi connectivity index (χ0v) is 9.50. The van der Waals surface area contributed by atoms with Crippen molar-refractivity contribution in [1.82, 2.24) is 9.55 Å². The minimum atomic E-state index is -0.340. The van der Waals surface area contributed by atoms with Crippen molar-refractivity contribution in [2.75, 3.05) is 5.73 Å². The minimum absolute atomic E-state index is 0.340. The Bertz CT molecular complexity index is 474. The number of aromatic nitrogens is 2. The van der Waals surface area contributed by atoms with Crippen molar-refractivity contribution in [2.24, 2.45) is 7.05 Å². The molecule has 2 aromatic heterocycles. The third kappa shape index (κ3) is 1.79. The number of hydrogen-bond acceptors (Lipinski definition) is 2. The molecule has 0 radical (unpaired) electrons. The van der Waals surface area contributed by atoms with E-state index >= 15 is 0 Å². The lowest BCUT2D eigenvalue weighted by molar-refractivity contribution is 0.623. The second-order valence-corrected chi connectivity index (χ2v) is 3.08. The van der Waals surface area contributed by atoms with Gasteiger partial charge in [-0.2, -0.15) is 0 Å². The van der Waals surface area contributed by atoms with Crippen LogP contribution in [0.25, 0.3) is 11.0 Å². The van der Waals surface area contributed by atoms with Gasteiger partial charge in [-0.15, -0.1) is 0 Å². The molecule has 0 atom stereocenters. The molecule has 0 aliphatic carbocycles. The molecule has 0 spiro atoms. The van der Waals surface area contributed by atoms with Crippen LogP contribution in [-0.2, 0) is 7.05 Å². The molecule has 0 unspecified atom stereocenters. The zero-order chi connectivity index (χ0) is 11.6. The van der Waals surface area contributed by atoms with E-state index in [1.165, 1.54) is 12.3 Å². The third-order valence-corrected chi connectivity index (χ3v) is 2.34. The van der Waals surface area contributed by atoms with Gasteiger partial charge in [-0.05, 0) is 6.92 Å². The average Bonchev–Trinajstić information content (AvgIpc) is 2.47. The summed E-state index contributed by atoms with van der Waals surface area (Å²) in [6, 6.07) is 1.44. The zero-order valence-electron chi connectivity index (χ0n) is 9.50. The van der Waals surface area contributed by atoms with Crippen LogP contribution in [0.3, 0.4) is 0 Å². The molecule has 2 aromatic rings. The van der Waals surface area contributed by atoms with E-state index in [1.54, 1.807) is 0 Å². The molecule has 0 aromatic carbocycles. The van der Waals surface area contributed by atoms with E-state index in [0.717, 1.165) is 11.2 Å². The topological polar surface area (TPSA) is 43.8 Å². The maximum absolute atomic E-state index is 12.8. The first-order valence-corrected chi connectivity index (χ1v) is 4.97. The van der Waals surface area contributed by atoms with Gasteiger partial charge in [0, 0.05) is 18.8 Å². The molecule has 0 saturated carbocycles. The van der Waals surface area contributed by atoms with Crippen LogP contribution >= 0.6 is 0 Å². The van der Waals surface area contributed by atoms with Gasteiger partial charge in [0.05, 0.1) is 17.4 Å². The standard InChI is InChI=1S/C9H10FN3.C2H6/c1-5-8(11)9-7(13(5)2)3-6(10)4-12-9;1-2/h3-4H,11H2,1-2H3;1-2H3. The van der Waals surface area contributed by atoms with Crippen molar-refractivity contribution >= 4 is 16.7 Å². The Hall–Kier alpha value is -1.58. The Balaban J connectivity index is 0.000000531. The normalized spacial score (nSPS) is 9.93. The molecule has 2 N–H and O–H groups in total. The van der Waals surface area contributed by atoms with Crippen LogP contribution in [0.2, 0.25) is 0 Å². The first-order valence-electron chi connectivity index (χ1n) is 4.97. The number of nitrogens with two attached hydrogens (primary N) is 1. The quantitative estimate of drug-likeness (QED) is 0.724. The van der Waals surface area contributed by atoms with Gasteiger partial charge in [0.15, 0.2) is 0 Å². The first kappa shape index (κ1) is 11.5. The van der Waals surface area contributed by atoms with E-state index in [1.807, 2.05) is 32.4 Å². The maximum atomic E-state index is 12.8. The summed E-state index contributed by atoms with van der Waals surface area (Å²) >= 11 is 0. The molecule has 0 amide bonds. The molecule has 0 saturated heterocycles. The Labute approximate surface area is 88.7 Å². The van der Waals surface area contributed by atoms with Crippen molar-refractivity contribution in [3.8, 4) is 0 Å². The van der Waals surface area contributed by atoms with Gasteiger partial charge in [-0.1, -0.05) is 13.8 Å². The molecule has 0 aliphatic heterocycles. The molecule has 4 heteroatoms. The largest absolute Gasteiger partial charge is 0.396 e. The van der Waals surface area contributed by atoms with Gasteiger partial charge >= 0.3 is 0 Å². The van der Waals surface area contributed by atoms with Crippen molar-refractivity contribution in [3.63, 3.8) is 0 Å². The van der Waals surface area contributed by atoms with Crippen LogP contribution in [0.5, 0.6) is 0 Å². The van der Waals surface area contributed by atoms with Gasteiger partial charge in [0.2, 0.25) is 0 Å². The number of rotatable bonds is 0. The number of pyridine rings is 1. The van der Waals surface area contributed by atoms with Crippen molar-refractivity contribution in [2.45, 2.75) is 20.8 Å². The molecule has 0 fully saturated rings. The highest BCUT2D eigenvalue weighted by molar-refractivity contribution is 5.90. The predicted molar refractivity (Wildman–Crippen MR) is 61.2 cm³/mol. The van der Waals surface area contributed by atoms with Crippen LogP contribution in [0.4, 0.5) is 10.1 Å². The summed E-state index contributed by atoms with van der Waals surface area (Å²) in [5, 5.41) is 0. The van der Waals surface area contributed by atoms with Gasteiger partial charge < -0.3 is 10.3 Å². The van der Waals surface area contributed by atoms with E-state index < -0.39 is 0 Å². The van der Waals surface area contributed by atoms with E-state index in [9.17, 15) is 4.39 Å². The summed E-state index contributed by atoms with van der Waals surface area (Å²) in [6.07, 6.45) is 1.18. The molecule has 2 heterocycles. The SMILES string of the molecule is CC.Cc1c(N)c2ncc(F)cc2n1C. The molecule has 0 aliphatic rings. The summed E-state index contributed by atoms with van der Waals surface area (Å²) in [7, 11) is 1.84. The lowest BCUT2D eigenvalue weighted by Gasteiger charge is -1.96. The minimum Gasteiger partial charge on any atom is -0.396 e. The van der Waals surface area contributed by atoms with Crippen LogP contribution < -0.4 is 5.73 Å². The summed E-state index contributed by atoms with van der Waals surface area (Å²) in [5.74, 6) is -0.340. The first-order chi connectivity index (χ1) is 7.11. The van der Waals surface area contributed by atoms with Crippen molar-refractivity contribution in [3.05, 3.63) is 23.8 Å². The second-order valence-electron chi connectivity index (χ2n) is 3.08. The average molecular weight is 209 g/mol. The van der Waals surface area contributed by atoms with Gasteiger partial charge in [0.25, 0.3) is 0 Å². The van der Waals surface area contributed by atoms with Crippen LogP contribution in [0.15, 0.2) is 12.3 Å². The van der Waals surface area contributed by atoms with Crippen molar-refractivity contribution in [1.29, 1.82) is 0 Å². The van der Waals surface area contributed by atoms with Gasteiger partial charge in [-0.25, -0.2) is 9.37 Å². The number of nitrogens with zero attached hydrogens (tertiary/aromatic N) is 2. The number of halogens is 1. The van der Waals surface area contributed by atoms with Crippen molar-refractivity contribution < 1.29 is 4.39 Å². The lowest BCUT2D eigenvalue weighted by Crippen LogP contribution is -1.92. The van der Waals surface area contributed by atoms with E-state index in [0.29, 0.717) is 11.2 Å². The number of anilines is 1. The summed E-state index contributed by atoms with van der Waals surface area (Å²) in [5.41, 5.74) is 8.72. The smallest absolute Gasteiger partial charge is 0.143 e. The Morgan fingerprint density at radius 2 is 2.00 bits per heavy atom. The van der Waals surface area contributed by atoms with Crippen LogP contribution in [-0.4, -0.2) is 9.55 Å². The molecule has 0 bridgehead atoms. The van der Waals surface area contributed by atoms with E-state index in [4.69, 9.17) is 5.73 Å².